The van der Waals surface area contributed by atoms with Crippen molar-refractivity contribution in [3.8, 4) is 0 Å². The first-order valence-corrected chi connectivity index (χ1v) is 4.42. The molecule has 0 N–H and O–H groups in total. The fourth-order valence-electron chi connectivity index (χ4n) is 0.919. The molecule has 0 aliphatic rings. The Kier molecular flexibility index (Phi) is 7.04. The molecule has 1 heteroatoms. The highest BCUT2D eigenvalue weighted by Crippen LogP contribution is 2.01. The van der Waals surface area contributed by atoms with E-state index in [0.29, 0.717) is 6.10 Å². The summed E-state index contributed by atoms with van der Waals surface area (Å²) in [4.78, 5) is 0. The lowest BCUT2D eigenvalue weighted by atomic mass is 10.2. The van der Waals surface area contributed by atoms with E-state index < -0.39 is 0 Å². The van der Waals surface area contributed by atoms with E-state index in [4.69, 9.17) is 4.74 Å². The van der Waals surface area contributed by atoms with E-state index in [1.54, 1.807) is 0 Å². The number of hydrogen-bond acceptors (Lipinski definition) is 1. The van der Waals surface area contributed by atoms with Crippen LogP contribution in [0.5, 0.6) is 0 Å². The fourth-order valence-corrected chi connectivity index (χ4v) is 0.919. The number of hydrogen-bond donors (Lipinski definition) is 0. The minimum atomic E-state index is 0.469. The smallest absolute Gasteiger partial charge is 0.0546 e. The first kappa shape index (κ1) is 9.96. The van der Waals surface area contributed by atoms with Crippen molar-refractivity contribution in [1.82, 2.24) is 0 Å². The van der Waals surface area contributed by atoms with E-state index in [-0.39, 0.29) is 0 Å². The minimum absolute atomic E-state index is 0.469. The van der Waals surface area contributed by atoms with Crippen LogP contribution in [0.3, 0.4) is 0 Å². The van der Waals surface area contributed by atoms with E-state index in [1.165, 1.54) is 25.7 Å². The van der Waals surface area contributed by atoms with E-state index in [0.717, 1.165) is 6.61 Å². The van der Waals surface area contributed by atoms with Gasteiger partial charge >= 0.3 is 0 Å². The van der Waals surface area contributed by atoms with Crippen LogP contribution in [0.25, 0.3) is 0 Å². The Balaban J connectivity index is 2.97. The third kappa shape index (κ3) is 6.09. The van der Waals surface area contributed by atoms with Crippen molar-refractivity contribution in [1.29, 1.82) is 0 Å². The van der Waals surface area contributed by atoms with Gasteiger partial charge in [-0.25, -0.2) is 0 Å². The van der Waals surface area contributed by atoms with Crippen molar-refractivity contribution in [2.45, 2.75) is 52.6 Å². The van der Waals surface area contributed by atoms with Gasteiger partial charge in [-0.15, -0.1) is 0 Å². The van der Waals surface area contributed by atoms with E-state index >= 15 is 0 Å². The molecule has 1 nitrogen and oxygen atoms in total. The van der Waals surface area contributed by atoms with Gasteiger partial charge in [-0.05, 0) is 19.8 Å². The summed E-state index contributed by atoms with van der Waals surface area (Å²) in [5, 5.41) is 0. The summed E-state index contributed by atoms with van der Waals surface area (Å²) in [6.07, 6.45) is 5.33. The highest BCUT2D eigenvalue weighted by Gasteiger charge is 1.97. The monoisotopic (exact) mass is 144 g/mol. The van der Waals surface area contributed by atoms with Crippen LogP contribution in [0.2, 0.25) is 0 Å². The Morgan fingerprint density at radius 1 is 1.20 bits per heavy atom. The maximum atomic E-state index is 5.52. The highest BCUT2D eigenvalue weighted by atomic mass is 16.5. The van der Waals surface area contributed by atoms with Crippen molar-refractivity contribution in [3.63, 3.8) is 0 Å². The second-order valence-corrected chi connectivity index (χ2v) is 2.82. The molecule has 0 aliphatic heterocycles. The largest absolute Gasteiger partial charge is 0.379 e. The van der Waals surface area contributed by atoms with Gasteiger partial charge in [-0.2, -0.15) is 0 Å². The molecule has 0 spiro atoms. The van der Waals surface area contributed by atoms with E-state index in [1.807, 2.05) is 0 Å². The van der Waals surface area contributed by atoms with Gasteiger partial charge in [0.15, 0.2) is 0 Å². The third-order valence-electron chi connectivity index (χ3n) is 1.60. The van der Waals surface area contributed by atoms with Crippen LogP contribution in [0, 0.1) is 0 Å². The molecule has 0 unspecified atom stereocenters. The molecule has 0 rings (SSSR count). The quantitative estimate of drug-likeness (QED) is 0.521. The SMILES string of the molecule is CCCCO[C@H](C)CCC. The molecule has 0 radical (unpaired) electrons. The van der Waals surface area contributed by atoms with Crippen molar-refractivity contribution in [2.24, 2.45) is 0 Å². The summed E-state index contributed by atoms with van der Waals surface area (Å²) in [5.74, 6) is 0. The van der Waals surface area contributed by atoms with Gasteiger partial charge in [0.25, 0.3) is 0 Å². The van der Waals surface area contributed by atoms with Gasteiger partial charge in [0.1, 0.15) is 0 Å². The lowest BCUT2D eigenvalue weighted by Gasteiger charge is -2.10. The maximum absolute atomic E-state index is 5.52. The number of unbranched alkanes of at least 4 members (excludes halogenated alkanes) is 1. The summed E-state index contributed by atoms with van der Waals surface area (Å²) in [5.41, 5.74) is 0. The average molecular weight is 144 g/mol. The fraction of sp³-hybridized carbons (Fsp3) is 1.00. The Labute approximate surface area is 64.8 Å². The van der Waals surface area contributed by atoms with Crippen LogP contribution in [-0.4, -0.2) is 12.7 Å². The van der Waals surface area contributed by atoms with Gasteiger partial charge in [0.2, 0.25) is 0 Å². The lowest BCUT2D eigenvalue weighted by Crippen LogP contribution is -2.08. The molecule has 1 atom stereocenters. The van der Waals surface area contributed by atoms with Crippen molar-refractivity contribution < 1.29 is 4.74 Å². The second-order valence-electron chi connectivity index (χ2n) is 2.82. The molecule has 0 fully saturated rings. The Bertz CT molecular complexity index is 61.7. The Hall–Kier alpha value is -0.0400. The molecule has 0 aromatic heterocycles. The maximum Gasteiger partial charge on any atom is 0.0546 e. The molecule has 0 bridgehead atoms. The molecule has 0 aromatic carbocycles. The molecule has 0 saturated heterocycles. The summed E-state index contributed by atoms with van der Waals surface area (Å²) >= 11 is 0. The van der Waals surface area contributed by atoms with E-state index in [2.05, 4.69) is 20.8 Å². The van der Waals surface area contributed by atoms with Crippen LogP contribution in [0.4, 0.5) is 0 Å². The molecular weight excluding hydrogens is 124 g/mol. The van der Waals surface area contributed by atoms with Crippen molar-refractivity contribution >= 4 is 0 Å². The summed E-state index contributed by atoms with van der Waals surface area (Å²) in [6, 6.07) is 0. The van der Waals surface area contributed by atoms with Gasteiger partial charge in [-0.1, -0.05) is 26.7 Å². The normalized spacial score (nSPS) is 13.5. The molecule has 10 heavy (non-hydrogen) atoms. The average Bonchev–Trinajstić information content (AvgIpc) is 1.89. The summed E-state index contributed by atoms with van der Waals surface area (Å²) in [6.45, 7) is 7.48. The molecule has 0 aromatic rings. The summed E-state index contributed by atoms with van der Waals surface area (Å²) < 4.78 is 5.52. The van der Waals surface area contributed by atoms with Gasteiger partial charge < -0.3 is 4.74 Å². The number of rotatable bonds is 6. The molecule has 0 saturated carbocycles. The van der Waals surface area contributed by atoms with Crippen molar-refractivity contribution in [2.75, 3.05) is 6.61 Å². The minimum Gasteiger partial charge on any atom is -0.379 e. The van der Waals surface area contributed by atoms with E-state index in [9.17, 15) is 0 Å². The van der Waals surface area contributed by atoms with Crippen LogP contribution in [0.1, 0.15) is 46.5 Å². The first-order valence-electron chi connectivity index (χ1n) is 4.42. The highest BCUT2D eigenvalue weighted by molar-refractivity contribution is 4.47. The van der Waals surface area contributed by atoms with Crippen LogP contribution in [-0.2, 0) is 4.74 Å². The predicted octanol–water partition coefficient (Wildman–Crippen LogP) is 2.99. The second kappa shape index (κ2) is 7.07. The molecule has 62 valence electrons. The zero-order valence-corrected chi connectivity index (χ0v) is 7.52. The number of ether oxygens (including phenoxy) is 1. The molecule has 0 heterocycles. The summed E-state index contributed by atoms with van der Waals surface area (Å²) in [7, 11) is 0. The van der Waals surface area contributed by atoms with Gasteiger partial charge in [0, 0.05) is 6.61 Å². The molecular formula is C9H20O. The predicted molar refractivity (Wildman–Crippen MR) is 45.2 cm³/mol. The molecule has 0 aliphatic carbocycles. The molecule has 0 amide bonds. The topological polar surface area (TPSA) is 9.23 Å². The van der Waals surface area contributed by atoms with Crippen LogP contribution in [0.15, 0.2) is 0 Å². The van der Waals surface area contributed by atoms with Crippen LogP contribution < -0.4 is 0 Å². The van der Waals surface area contributed by atoms with Gasteiger partial charge in [-0.3, -0.25) is 0 Å². The third-order valence-corrected chi connectivity index (χ3v) is 1.60. The Morgan fingerprint density at radius 2 is 1.90 bits per heavy atom. The lowest BCUT2D eigenvalue weighted by molar-refractivity contribution is 0.0579. The first-order chi connectivity index (χ1) is 4.81. The van der Waals surface area contributed by atoms with Crippen molar-refractivity contribution in [3.05, 3.63) is 0 Å². The van der Waals surface area contributed by atoms with Crippen LogP contribution >= 0.6 is 0 Å². The standard InChI is InChI=1S/C9H20O/c1-4-6-8-10-9(3)7-5-2/h9H,4-8H2,1-3H3/t9-/m1/s1. The Morgan fingerprint density at radius 3 is 2.40 bits per heavy atom. The van der Waals surface area contributed by atoms with Gasteiger partial charge in [0.05, 0.1) is 6.10 Å². The zero-order chi connectivity index (χ0) is 7.82. The zero-order valence-electron chi connectivity index (χ0n) is 7.52.